The zero-order valence-corrected chi connectivity index (χ0v) is 14.0. The number of nitrogens with two attached hydrogens (primary N) is 1. The molecule has 0 unspecified atom stereocenters. The van der Waals surface area contributed by atoms with Gasteiger partial charge >= 0.3 is 0 Å². The van der Waals surface area contributed by atoms with Crippen LogP contribution >= 0.6 is 34.2 Å². The highest BCUT2D eigenvalue weighted by Crippen LogP contribution is 2.23. The molecular formula is C13H12ClIN4O2. The Balaban J connectivity index is 2.22. The summed E-state index contributed by atoms with van der Waals surface area (Å²) in [5.41, 5.74) is 6.29. The van der Waals surface area contributed by atoms with Gasteiger partial charge in [0.2, 0.25) is 5.91 Å². The van der Waals surface area contributed by atoms with Crippen molar-refractivity contribution in [1.29, 1.82) is 0 Å². The van der Waals surface area contributed by atoms with Crippen LogP contribution in [0.25, 0.3) is 0 Å². The van der Waals surface area contributed by atoms with E-state index in [4.69, 9.17) is 17.3 Å². The first-order valence-corrected chi connectivity index (χ1v) is 7.41. The van der Waals surface area contributed by atoms with Gasteiger partial charge in [-0.05, 0) is 47.7 Å². The van der Waals surface area contributed by atoms with Gasteiger partial charge in [0.05, 0.1) is 14.3 Å². The Labute approximate surface area is 139 Å². The molecule has 0 aliphatic heterocycles. The first kappa shape index (κ1) is 15.8. The lowest BCUT2D eigenvalue weighted by Gasteiger charge is -2.11. The lowest BCUT2D eigenvalue weighted by atomic mass is 10.3. The van der Waals surface area contributed by atoms with Crippen molar-refractivity contribution in [2.75, 3.05) is 11.1 Å². The van der Waals surface area contributed by atoms with Crippen molar-refractivity contribution >= 4 is 51.5 Å². The van der Waals surface area contributed by atoms with Gasteiger partial charge in [0.25, 0.3) is 5.56 Å². The number of benzene rings is 1. The monoisotopic (exact) mass is 418 g/mol. The Hall–Kier alpha value is -1.61. The molecular weight excluding hydrogens is 407 g/mol. The van der Waals surface area contributed by atoms with Crippen molar-refractivity contribution in [1.82, 2.24) is 9.55 Å². The van der Waals surface area contributed by atoms with E-state index in [1.165, 1.54) is 10.8 Å². The van der Waals surface area contributed by atoms with E-state index in [0.717, 1.165) is 0 Å². The smallest absolute Gasteiger partial charge is 0.267 e. The number of anilines is 2. The van der Waals surface area contributed by atoms with Crippen LogP contribution in [0, 0.1) is 10.5 Å². The van der Waals surface area contributed by atoms with Crippen LogP contribution in [0.1, 0.15) is 5.82 Å². The second-order valence-corrected chi connectivity index (χ2v) is 5.90. The molecule has 8 heteroatoms. The molecule has 0 spiro atoms. The van der Waals surface area contributed by atoms with Crippen LogP contribution in [-0.4, -0.2) is 15.5 Å². The van der Waals surface area contributed by atoms with Crippen molar-refractivity contribution in [3.63, 3.8) is 0 Å². The summed E-state index contributed by atoms with van der Waals surface area (Å²) in [6.45, 7) is 1.53. The number of carbonyl (C=O) groups excluding carboxylic acids is 1. The number of hydrogen-bond acceptors (Lipinski definition) is 4. The van der Waals surface area contributed by atoms with Gasteiger partial charge in [0.1, 0.15) is 12.4 Å². The number of rotatable bonds is 3. The van der Waals surface area contributed by atoms with Crippen molar-refractivity contribution in [2.24, 2.45) is 0 Å². The molecule has 0 radical (unpaired) electrons. The minimum Gasteiger partial charge on any atom is -0.399 e. The number of amides is 1. The van der Waals surface area contributed by atoms with Gasteiger partial charge in [-0.1, -0.05) is 11.6 Å². The van der Waals surface area contributed by atoms with E-state index in [2.05, 4.69) is 10.3 Å². The number of aryl methyl sites for hydroxylation is 1. The molecule has 6 nitrogen and oxygen atoms in total. The van der Waals surface area contributed by atoms with Gasteiger partial charge in [0, 0.05) is 11.9 Å². The molecule has 0 atom stereocenters. The minimum atomic E-state index is -0.378. The molecule has 0 fully saturated rings. The molecule has 1 aromatic carbocycles. The van der Waals surface area contributed by atoms with E-state index in [-0.39, 0.29) is 18.0 Å². The molecule has 3 N–H and O–H groups in total. The molecule has 21 heavy (non-hydrogen) atoms. The first-order valence-electron chi connectivity index (χ1n) is 5.95. The zero-order valence-electron chi connectivity index (χ0n) is 11.1. The third-order valence-corrected chi connectivity index (χ3v) is 3.84. The molecule has 0 saturated carbocycles. The van der Waals surface area contributed by atoms with Gasteiger partial charge in [-0.2, -0.15) is 0 Å². The highest BCUT2D eigenvalue weighted by atomic mass is 127. The normalized spacial score (nSPS) is 10.4. The number of carbonyl (C=O) groups is 1. The van der Waals surface area contributed by atoms with Gasteiger partial charge < -0.3 is 11.1 Å². The van der Waals surface area contributed by atoms with Crippen LogP contribution in [0.5, 0.6) is 0 Å². The Morgan fingerprint density at radius 3 is 2.95 bits per heavy atom. The maximum Gasteiger partial charge on any atom is 0.267 e. The number of aromatic nitrogens is 2. The molecule has 2 aromatic rings. The number of hydrogen-bond donors (Lipinski definition) is 2. The maximum absolute atomic E-state index is 12.1. The van der Waals surface area contributed by atoms with Crippen molar-refractivity contribution in [3.05, 3.63) is 49.2 Å². The second-order valence-electron chi connectivity index (χ2n) is 4.33. The summed E-state index contributed by atoms with van der Waals surface area (Å²) >= 11 is 7.86. The lowest BCUT2D eigenvalue weighted by Crippen LogP contribution is -2.31. The average molecular weight is 419 g/mol. The van der Waals surface area contributed by atoms with Crippen LogP contribution in [0.15, 0.2) is 29.2 Å². The Kier molecular flexibility index (Phi) is 4.84. The van der Waals surface area contributed by atoms with Crippen LogP contribution in [0.3, 0.4) is 0 Å². The fourth-order valence-electron chi connectivity index (χ4n) is 1.71. The molecule has 1 amide bonds. The van der Waals surface area contributed by atoms with E-state index in [0.29, 0.717) is 25.8 Å². The van der Waals surface area contributed by atoms with Crippen LogP contribution in [0.4, 0.5) is 11.4 Å². The largest absolute Gasteiger partial charge is 0.399 e. The number of nitrogens with one attached hydrogen (secondary N) is 1. The Morgan fingerprint density at radius 2 is 2.24 bits per heavy atom. The lowest BCUT2D eigenvalue weighted by molar-refractivity contribution is -0.116. The van der Waals surface area contributed by atoms with Crippen molar-refractivity contribution in [2.45, 2.75) is 13.5 Å². The van der Waals surface area contributed by atoms with Crippen LogP contribution in [0.2, 0.25) is 5.02 Å². The summed E-state index contributed by atoms with van der Waals surface area (Å²) in [4.78, 5) is 28.1. The third-order valence-electron chi connectivity index (χ3n) is 2.77. The molecule has 110 valence electrons. The Morgan fingerprint density at radius 1 is 1.52 bits per heavy atom. The summed E-state index contributed by atoms with van der Waals surface area (Å²) in [6, 6.07) is 4.79. The number of halogens is 2. The minimum absolute atomic E-state index is 0.139. The molecule has 1 aromatic heterocycles. The predicted octanol–water partition coefficient (Wildman–Crippen LogP) is 2.03. The van der Waals surface area contributed by atoms with Gasteiger partial charge in [-0.15, -0.1) is 0 Å². The summed E-state index contributed by atoms with van der Waals surface area (Å²) in [7, 11) is 0. The SMILES string of the molecule is Cc1ncc(I)c(=O)n1CC(=O)Nc1cc(N)ccc1Cl. The topological polar surface area (TPSA) is 90.0 Å². The van der Waals surface area contributed by atoms with Crippen LogP contribution in [-0.2, 0) is 11.3 Å². The predicted molar refractivity (Wildman–Crippen MR) is 90.4 cm³/mol. The second kappa shape index (κ2) is 6.44. The van der Waals surface area contributed by atoms with E-state index in [9.17, 15) is 9.59 Å². The van der Waals surface area contributed by atoms with E-state index < -0.39 is 0 Å². The van der Waals surface area contributed by atoms with Crippen molar-refractivity contribution in [3.8, 4) is 0 Å². The van der Waals surface area contributed by atoms with Gasteiger partial charge in [-0.25, -0.2) is 4.98 Å². The van der Waals surface area contributed by atoms with Gasteiger partial charge in [-0.3, -0.25) is 14.2 Å². The molecule has 1 heterocycles. The van der Waals surface area contributed by atoms with E-state index >= 15 is 0 Å². The summed E-state index contributed by atoms with van der Waals surface area (Å²) < 4.78 is 1.75. The van der Waals surface area contributed by atoms with E-state index in [1.54, 1.807) is 25.1 Å². The summed E-state index contributed by atoms with van der Waals surface area (Å²) in [5, 5.41) is 3.01. The molecule has 0 aliphatic carbocycles. The fraction of sp³-hybridized carbons (Fsp3) is 0.154. The highest BCUT2D eigenvalue weighted by Gasteiger charge is 2.11. The molecule has 0 aliphatic rings. The highest BCUT2D eigenvalue weighted by molar-refractivity contribution is 14.1. The number of nitrogens with zero attached hydrogens (tertiary/aromatic N) is 2. The molecule has 0 bridgehead atoms. The van der Waals surface area contributed by atoms with Crippen molar-refractivity contribution < 1.29 is 4.79 Å². The molecule has 2 rings (SSSR count). The third kappa shape index (κ3) is 3.73. The Bertz CT molecular complexity index is 760. The first-order chi connectivity index (χ1) is 9.88. The van der Waals surface area contributed by atoms with Crippen LogP contribution < -0.4 is 16.6 Å². The number of nitrogen functional groups attached to an aromatic ring is 1. The fourth-order valence-corrected chi connectivity index (χ4v) is 2.30. The van der Waals surface area contributed by atoms with E-state index in [1.807, 2.05) is 22.6 Å². The summed E-state index contributed by atoms with van der Waals surface area (Å²) in [6.07, 6.45) is 1.47. The quantitative estimate of drug-likeness (QED) is 0.589. The standard InChI is InChI=1S/C13H12ClIN4O2/c1-7-17-5-10(15)13(21)19(7)6-12(20)18-11-4-8(16)2-3-9(11)14/h2-5H,6,16H2,1H3,(H,18,20). The maximum atomic E-state index is 12.1. The van der Waals surface area contributed by atoms with Gasteiger partial charge in [0.15, 0.2) is 0 Å². The molecule has 0 saturated heterocycles. The average Bonchev–Trinajstić information content (AvgIpc) is 2.43. The zero-order chi connectivity index (χ0) is 15.6. The summed E-state index contributed by atoms with van der Waals surface area (Å²) in [5.74, 6) is 0.0886.